The summed E-state index contributed by atoms with van der Waals surface area (Å²) in [6.07, 6.45) is 0.892. The van der Waals surface area contributed by atoms with E-state index in [1.54, 1.807) is 4.31 Å². The van der Waals surface area contributed by atoms with E-state index < -0.39 is 10.0 Å². The predicted octanol–water partition coefficient (Wildman–Crippen LogP) is 0.695. The van der Waals surface area contributed by atoms with Crippen molar-refractivity contribution in [2.24, 2.45) is 0 Å². The average molecular weight is 415 g/mol. The van der Waals surface area contributed by atoms with Crippen LogP contribution >= 0.6 is 0 Å². The maximum Gasteiger partial charge on any atom is 0.282 e. The Morgan fingerprint density at radius 1 is 1.03 bits per heavy atom. The first-order valence-corrected chi connectivity index (χ1v) is 11.8. The van der Waals surface area contributed by atoms with Crippen molar-refractivity contribution in [2.45, 2.75) is 25.1 Å². The third kappa shape index (κ3) is 4.37. The van der Waals surface area contributed by atoms with Crippen molar-refractivity contribution in [3.8, 4) is 0 Å². The fraction of sp³-hybridized carbons (Fsp3) is 0.409. The van der Waals surface area contributed by atoms with Gasteiger partial charge in [0.05, 0.1) is 31.9 Å². The highest BCUT2D eigenvalue weighted by Gasteiger charge is 2.35. The highest BCUT2D eigenvalue weighted by atomic mass is 32.2. The zero-order chi connectivity index (χ0) is 20.4. The molecule has 2 aliphatic heterocycles. The quantitative estimate of drug-likeness (QED) is 0.783. The van der Waals surface area contributed by atoms with Gasteiger partial charge >= 0.3 is 0 Å². The first-order valence-electron chi connectivity index (χ1n) is 10.2. The van der Waals surface area contributed by atoms with Gasteiger partial charge in [-0.05, 0) is 30.5 Å². The number of nitrogens with one attached hydrogen (secondary N) is 1. The zero-order valence-corrected chi connectivity index (χ0v) is 17.6. The Bertz CT molecular complexity index is 970. The van der Waals surface area contributed by atoms with Crippen LogP contribution in [0.5, 0.6) is 0 Å². The summed E-state index contributed by atoms with van der Waals surface area (Å²) in [6.45, 7) is 4.73. The summed E-state index contributed by atoms with van der Waals surface area (Å²) >= 11 is 0. The van der Waals surface area contributed by atoms with Crippen molar-refractivity contribution in [3.63, 3.8) is 0 Å². The lowest BCUT2D eigenvalue weighted by atomic mass is 10.1. The molecule has 2 aliphatic rings. The van der Waals surface area contributed by atoms with Crippen molar-refractivity contribution in [1.29, 1.82) is 0 Å². The van der Waals surface area contributed by atoms with Gasteiger partial charge in [0.2, 0.25) is 10.0 Å². The minimum atomic E-state index is -3.33. The Morgan fingerprint density at radius 2 is 1.69 bits per heavy atom. The summed E-state index contributed by atoms with van der Waals surface area (Å²) in [5.74, 6) is 0.155. The fourth-order valence-corrected chi connectivity index (χ4v) is 5.91. The van der Waals surface area contributed by atoms with Gasteiger partial charge in [-0.2, -0.15) is 4.31 Å². The van der Waals surface area contributed by atoms with Gasteiger partial charge in [0.1, 0.15) is 0 Å². The number of rotatable bonds is 5. The highest BCUT2D eigenvalue weighted by Crippen LogP contribution is 2.31. The molecule has 6 nitrogen and oxygen atoms in total. The van der Waals surface area contributed by atoms with Crippen molar-refractivity contribution in [3.05, 3.63) is 65.7 Å². The number of amides is 1. The number of fused-ring (bicyclic) bond motifs is 1. The second-order valence-electron chi connectivity index (χ2n) is 8.01. The third-order valence-corrected chi connectivity index (χ3v) is 7.74. The van der Waals surface area contributed by atoms with E-state index in [0.717, 1.165) is 22.6 Å². The number of hydrogen-bond donors (Lipinski definition) is 1. The number of anilines is 1. The van der Waals surface area contributed by atoms with Gasteiger partial charge in [0.25, 0.3) is 5.91 Å². The summed E-state index contributed by atoms with van der Waals surface area (Å²) in [7, 11) is -3.33. The summed E-state index contributed by atoms with van der Waals surface area (Å²) in [4.78, 5) is 16.0. The van der Waals surface area contributed by atoms with Crippen LogP contribution in [0, 0.1) is 0 Å². The van der Waals surface area contributed by atoms with Gasteiger partial charge in [-0.15, -0.1) is 0 Å². The minimum absolute atomic E-state index is 0.0319. The van der Waals surface area contributed by atoms with Crippen molar-refractivity contribution in [2.75, 3.05) is 37.6 Å². The maximum absolute atomic E-state index is 13.0. The van der Waals surface area contributed by atoms with Gasteiger partial charge < -0.3 is 9.80 Å². The molecule has 2 heterocycles. The first-order chi connectivity index (χ1) is 13.9. The van der Waals surface area contributed by atoms with Gasteiger partial charge in [-0.3, -0.25) is 4.79 Å². The molecular weight excluding hydrogens is 386 g/mol. The van der Waals surface area contributed by atoms with Crippen LogP contribution in [0.15, 0.2) is 54.6 Å². The van der Waals surface area contributed by atoms with Crippen LogP contribution in [0.1, 0.15) is 18.1 Å². The fourth-order valence-electron chi connectivity index (χ4n) is 4.38. The first kappa shape index (κ1) is 20.1. The summed E-state index contributed by atoms with van der Waals surface area (Å²) in [5.41, 5.74) is 3.05. The Balaban J connectivity index is 1.34. The standard InChI is InChI=1S/C22H27N3O3S/c1-18-15-20-9-5-6-10-21(20)25(18)22(26)16-23-11-13-24(14-12-23)29(27,28)17-19-7-3-2-4-8-19/h2-10,18H,11-17H2,1H3/p+1/t18-/m1/s1. The molecule has 0 unspecified atom stereocenters. The van der Waals surface area contributed by atoms with Crippen LogP contribution in [0.2, 0.25) is 0 Å². The van der Waals surface area contributed by atoms with Crippen molar-refractivity contribution in [1.82, 2.24) is 4.31 Å². The molecule has 1 atom stereocenters. The Labute approximate surface area is 172 Å². The molecule has 4 rings (SSSR count). The number of carbonyl (C=O) groups excluding carboxylic acids is 1. The highest BCUT2D eigenvalue weighted by molar-refractivity contribution is 7.88. The molecular formula is C22H28N3O3S+. The average Bonchev–Trinajstić information content (AvgIpc) is 3.04. The molecule has 0 aromatic heterocycles. The number of piperazine rings is 1. The van der Waals surface area contributed by atoms with Gasteiger partial charge in [0, 0.05) is 11.7 Å². The second-order valence-corrected chi connectivity index (χ2v) is 9.98. The molecule has 29 heavy (non-hydrogen) atoms. The van der Waals surface area contributed by atoms with E-state index in [0.29, 0.717) is 32.7 Å². The Morgan fingerprint density at radius 3 is 2.41 bits per heavy atom. The lowest BCUT2D eigenvalue weighted by Crippen LogP contribution is -3.15. The van der Waals surface area contributed by atoms with E-state index in [9.17, 15) is 13.2 Å². The zero-order valence-electron chi connectivity index (χ0n) is 16.8. The molecule has 2 aromatic carbocycles. The molecule has 1 saturated heterocycles. The van der Waals surface area contributed by atoms with E-state index in [1.165, 1.54) is 5.56 Å². The largest absolute Gasteiger partial charge is 0.325 e. The molecule has 154 valence electrons. The van der Waals surface area contributed by atoms with E-state index in [4.69, 9.17) is 0 Å². The number of nitrogens with zero attached hydrogens (tertiary/aromatic N) is 2. The van der Waals surface area contributed by atoms with Gasteiger partial charge in [-0.1, -0.05) is 48.5 Å². The predicted molar refractivity (Wildman–Crippen MR) is 113 cm³/mol. The number of quaternary nitrogens is 1. The van der Waals surface area contributed by atoms with E-state index in [2.05, 4.69) is 13.0 Å². The Hall–Kier alpha value is -2.22. The van der Waals surface area contributed by atoms with Gasteiger partial charge in [0.15, 0.2) is 6.54 Å². The van der Waals surface area contributed by atoms with Crippen LogP contribution in [0.25, 0.3) is 0 Å². The monoisotopic (exact) mass is 414 g/mol. The molecule has 2 aromatic rings. The van der Waals surface area contributed by atoms with E-state index in [-0.39, 0.29) is 17.7 Å². The summed E-state index contributed by atoms with van der Waals surface area (Å²) in [5, 5.41) is 0. The van der Waals surface area contributed by atoms with Crippen LogP contribution in [0.4, 0.5) is 5.69 Å². The van der Waals surface area contributed by atoms with Crippen LogP contribution < -0.4 is 9.80 Å². The normalized spacial score (nSPS) is 20.6. The van der Waals surface area contributed by atoms with Crippen LogP contribution in [-0.4, -0.2) is 57.4 Å². The lowest BCUT2D eigenvalue weighted by molar-refractivity contribution is -0.895. The molecule has 0 aliphatic carbocycles. The van der Waals surface area contributed by atoms with Crippen molar-refractivity contribution >= 4 is 21.6 Å². The molecule has 1 fully saturated rings. The molecule has 1 N–H and O–H groups in total. The Kier molecular flexibility index (Phi) is 5.72. The second kappa shape index (κ2) is 8.26. The van der Waals surface area contributed by atoms with Gasteiger partial charge in [-0.25, -0.2) is 8.42 Å². The SMILES string of the molecule is C[C@@H]1Cc2ccccc2N1C(=O)C[NH+]1CCN(S(=O)(=O)Cc2ccccc2)CC1. The van der Waals surface area contributed by atoms with E-state index in [1.807, 2.05) is 53.4 Å². The number of carbonyl (C=O) groups is 1. The smallest absolute Gasteiger partial charge is 0.282 e. The molecule has 1 amide bonds. The molecule has 0 saturated carbocycles. The maximum atomic E-state index is 13.0. The molecule has 7 heteroatoms. The minimum Gasteiger partial charge on any atom is -0.325 e. The summed E-state index contributed by atoms with van der Waals surface area (Å²) in [6, 6.07) is 17.5. The van der Waals surface area contributed by atoms with Crippen molar-refractivity contribution < 1.29 is 18.1 Å². The van der Waals surface area contributed by atoms with E-state index >= 15 is 0 Å². The summed E-state index contributed by atoms with van der Waals surface area (Å²) < 4.78 is 27.0. The lowest BCUT2D eigenvalue weighted by Gasteiger charge is -2.32. The topological polar surface area (TPSA) is 62.1 Å². The molecule has 0 spiro atoms. The number of sulfonamides is 1. The number of hydrogen-bond acceptors (Lipinski definition) is 3. The molecule has 0 radical (unpaired) electrons. The van der Waals surface area contributed by atoms with Crippen LogP contribution in [-0.2, 0) is 27.0 Å². The third-order valence-electron chi connectivity index (χ3n) is 5.89. The molecule has 0 bridgehead atoms. The number of para-hydroxylation sites is 1. The number of benzene rings is 2. The van der Waals surface area contributed by atoms with Crippen LogP contribution in [0.3, 0.4) is 0 Å².